The van der Waals surface area contributed by atoms with Crippen LogP contribution in [0.3, 0.4) is 0 Å². The highest BCUT2D eigenvalue weighted by Gasteiger charge is 2.31. The lowest BCUT2D eigenvalue weighted by atomic mass is 9.93. The van der Waals surface area contributed by atoms with E-state index < -0.39 is 23.3 Å². The normalized spacial score (nSPS) is 12.2. The Bertz CT molecular complexity index is 978. The van der Waals surface area contributed by atoms with Gasteiger partial charge in [-0.1, -0.05) is 12.1 Å². The molecule has 0 spiro atoms. The van der Waals surface area contributed by atoms with Gasteiger partial charge in [-0.15, -0.1) is 11.3 Å². The summed E-state index contributed by atoms with van der Waals surface area (Å²) >= 11 is 1.53. The number of urea groups is 1. The lowest BCUT2D eigenvalue weighted by molar-refractivity contribution is -0.137. The number of alkyl halides is 3. The van der Waals surface area contributed by atoms with Gasteiger partial charge in [-0.3, -0.25) is 4.98 Å². The number of pyridine rings is 1. The first-order valence-corrected chi connectivity index (χ1v) is 8.99. The van der Waals surface area contributed by atoms with E-state index in [0.29, 0.717) is 11.3 Å². The molecule has 0 aliphatic rings. The number of nitrogens with zero attached hydrogens (tertiary/aromatic N) is 1. The van der Waals surface area contributed by atoms with Crippen molar-refractivity contribution in [2.75, 3.05) is 5.32 Å². The number of aromatic nitrogens is 1. The highest BCUT2D eigenvalue weighted by atomic mass is 32.1. The molecule has 2 amide bonds. The number of carbonyl (C=O) groups is 1. The van der Waals surface area contributed by atoms with Crippen molar-refractivity contribution in [3.05, 3.63) is 58.7 Å². The first kappa shape index (κ1) is 19.2. The minimum absolute atomic E-state index is 0.431. The zero-order valence-corrected chi connectivity index (χ0v) is 15.8. The lowest BCUT2D eigenvalue weighted by Gasteiger charge is -2.27. The minimum Gasteiger partial charge on any atom is -0.329 e. The summed E-state index contributed by atoms with van der Waals surface area (Å²) in [6.45, 7) is 5.37. The van der Waals surface area contributed by atoms with Gasteiger partial charge < -0.3 is 10.6 Å². The second-order valence-electron chi connectivity index (χ2n) is 6.68. The van der Waals surface area contributed by atoms with Gasteiger partial charge >= 0.3 is 12.2 Å². The van der Waals surface area contributed by atoms with Gasteiger partial charge in [0.15, 0.2) is 0 Å². The fourth-order valence-electron chi connectivity index (χ4n) is 2.81. The van der Waals surface area contributed by atoms with Crippen LogP contribution in [0.15, 0.2) is 42.7 Å². The summed E-state index contributed by atoms with van der Waals surface area (Å²) < 4.78 is 39.1. The zero-order chi connectivity index (χ0) is 19.8. The number of carbonyl (C=O) groups excluding carboxylic acids is 1. The van der Waals surface area contributed by atoms with Crippen LogP contribution in [0.1, 0.15) is 29.9 Å². The van der Waals surface area contributed by atoms with Gasteiger partial charge in [0, 0.05) is 22.7 Å². The van der Waals surface area contributed by atoms with Crippen molar-refractivity contribution in [2.24, 2.45) is 0 Å². The van der Waals surface area contributed by atoms with Crippen molar-refractivity contribution in [3.63, 3.8) is 0 Å². The maximum absolute atomic E-state index is 12.7. The average molecular weight is 393 g/mol. The highest BCUT2D eigenvalue weighted by molar-refractivity contribution is 7.19. The molecule has 3 rings (SSSR count). The Morgan fingerprint density at radius 1 is 1.07 bits per heavy atom. The van der Waals surface area contributed by atoms with Crippen molar-refractivity contribution in [3.8, 4) is 0 Å². The largest absolute Gasteiger partial charge is 0.416 e. The quantitative estimate of drug-likeness (QED) is 0.601. The van der Waals surface area contributed by atoms with Crippen LogP contribution in [-0.4, -0.2) is 11.0 Å². The Morgan fingerprint density at radius 2 is 1.70 bits per heavy atom. The molecule has 3 aromatic rings. The summed E-state index contributed by atoms with van der Waals surface area (Å²) in [5.74, 6) is 0. The number of halogens is 3. The van der Waals surface area contributed by atoms with Crippen molar-refractivity contribution in [1.82, 2.24) is 10.3 Å². The Labute approximate surface area is 158 Å². The average Bonchev–Trinajstić information content (AvgIpc) is 2.89. The molecule has 0 atom stereocenters. The molecule has 0 aliphatic heterocycles. The van der Waals surface area contributed by atoms with E-state index in [9.17, 15) is 18.0 Å². The minimum atomic E-state index is -4.39. The molecule has 4 nitrogen and oxygen atoms in total. The summed E-state index contributed by atoms with van der Waals surface area (Å²) in [6, 6.07) is 6.18. The first-order valence-electron chi connectivity index (χ1n) is 8.18. The van der Waals surface area contributed by atoms with Crippen molar-refractivity contribution >= 4 is 33.1 Å². The van der Waals surface area contributed by atoms with Gasteiger partial charge in [0.25, 0.3) is 0 Å². The van der Waals surface area contributed by atoms with E-state index in [1.54, 1.807) is 26.2 Å². The van der Waals surface area contributed by atoms with Gasteiger partial charge in [-0.2, -0.15) is 13.2 Å². The molecule has 0 radical (unpaired) electrons. The maximum atomic E-state index is 12.7. The number of anilines is 1. The molecule has 142 valence electrons. The van der Waals surface area contributed by atoms with Gasteiger partial charge in [0.2, 0.25) is 0 Å². The Balaban J connectivity index is 1.77. The van der Waals surface area contributed by atoms with Gasteiger partial charge in [0.1, 0.15) is 0 Å². The number of thiophene rings is 1. The smallest absolute Gasteiger partial charge is 0.329 e. The molecule has 0 unspecified atom stereocenters. The predicted molar refractivity (Wildman–Crippen MR) is 101 cm³/mol. The lowest BCUT2D eigenvalue weighted by Crippen LogP contribution is -2.43. The topological polar surface area (TPSA) is 54.0 Å². The number of benzene rings is 1. The van der Waals surface area contributed by atoms with E-state index >= 15 is 0 Å². The number of amides is 2. The highest BCUT2D eigenvalue weighted by Crippen LogP contribution is 2.35. The molecular formula is C19H18F3N3OS. The van der Waals surface area contributed by atoms with E-state index in [2.05, 4.69) is 15.6 Å². The van der Waals surface area contributed by atoms with Crippen LogP contribution in [0.2, 0.25) is 0 Å². The Morgan fingerprint density at radius 3 is 2.33 bits per heavy atom. The molecule has 2 heterocycles. The predicted octanol–water partition coefficient (Wildman–Crippen LogP) is 5.68. The van der Waals surface area contributed by atoms with Crippen LogP contribution in [0.5, 0.6) is 0 Å². The molecule has 1 aromatic carbocycles. The molecule has 0 saturated heterocycles. The fraction of sp³-hybridized carbons (Fsp3) is 0.263. The van der Waals surface area contributed by atoms with Gasteiger partial charge in [-0.05, 0) is 44.5 Å². The van der Waals surface area contributed by atoms with E-state index in [1.807, 2.05) is 13.0 Å². The third-order valence-corrected chi connectivity index (χ3v) is 5.32. The third-order valence-electron chi connectivity index (χ3n) is 4.27. The van der Waals surface area contributed by atoms with E-state index in [1.165, 1.54) is 23.5 Å². The summed E-state index contributed by atoms with van der Waals surface area (Å²) in [6.07, 6.45) is -0.994. The van der Waals surface area contributed by atoms with Gasteiger partial charge in [-0.25, -0.2) is 4.79 Å². The zero-order valence-electron chi connectivity index (χ0n) is 14.9. The molecule has 0 fully saturated rings. The molecule has 8 heteroatoms. The van der Waals surface area contributed by atoms with E-state index in [4.69, 9.17) is 0 Å². The molecule has 0 saturated carbocycles. The standard InChI is InChI=1S/C19H18F3N3OS/c1-11-16(14-8-9-23-10-15(14)27-11)24-17(26)25-18(2,3)12-4-6-13(7-5-12)19(20,21)22/h4-10H,1-3H3,(H2,24,25,26). The van der Waals surface area contributed by atoms with Crippen molar-refractivity contribution < 1.29 is 18.0 Å². The third kappa shape index (κ3) is 4.05. The number of hydrogen-bond acceptors (Lipinski definition) is 3. The number of nitrogens with one attached hydrogen (secondary N) is 2. The molecular weight excluding hydrogens is 375 g/mol. The fourth-order valence-corrected chi connectivity index (χ4v) is 3.79. The second kappa shape index (κ2) is 6.84. The van der Waals surface area contributed by atoms with Crippen molar-refractivity contribution in [1.29, 1.82) is 0 Å². The van der Waals surface area contributed by atoms with Crippen LogP contribution in [-0.2, 0) is 11.7 Å². The second-order valence-corrected chi connectivity index (χ2v) is 7.94. The SMILES string of the molecule is Cc1sc2cnccc2c1NC(=O)NC(C)(C)c1ccc(C(F)(F)F)cc1. The summed E-state index contributed by atoms with van der Waals surface area (Å²) in [4.78, 5) is 17.5. The van der Waals surface area contributed by atoms with Crippen LogP contribution in [0.4, 0.5) is 23.7 Å². The monoisotopic (exact) mass is 393 g/mol. The number of aryl methyl sites for hydroxylation is 1. The first-order chi connectivity index (χ1) is 12.6. The van der Waals surface area contributed by atoms with Crippen LogP contribution < -0.4 is 10.6 Å². The van der Waals surface area contributed by atoms with Crippen LogP contribution >= 0.6 is 11.3 Å². The van der Waals surface area contributed by atoms with Gasteiger partial charge in [0.05, 0.1) is 21.5 Å². The number of hydrogen-bond donors (Lipinski definition) is 2. The molecule has 27 heavy (non-hydrogen) atoms. The van der Waals surface area contributed by atoms with E-state index in [0.717, 1.165) is 27.1 Å². The molecule has 0 aliphatic carbocycles. The number of rotatable bonds is 3. The Hall–Kier alpha value is -2.61. The maximum Gasteiger partial charge on any atom is 0.416 e. The summed E-state index contributed by atoms with van der Waals surface area (Å²) in [7, 11) is 0. The molecule has 0 bridgehead atoms. The van der Waals surface area contributed by atoms with Crippen LogP contribution in [0, 0.1) is 6.92 Å². The molecule has 2 N–H and O–H groups in total. The van der Waals surface area contributed by atoms with Crippen LogP contribution in [0.25, 0.3) is 10.1 Å². The van der Waals surface area contributed by atoms with E-state index in [-0.39, 0.29) is 0 Å². The Kier molecular flexibility index (Phi) is 4.86. The molecule has 2 aromatic heterocycles. The summed E-state index contributed by atoms with van der Waals surface area (Å²) in [5.41, 5.74) is -0.296. The number of fused-ring (bicyclic) bond motifs is 1. The van der Waals surface area contributed by atoms with Crippen molar-refractivity contribution in [2.45, 2.75) is 32.5 Å². The summed E-state index contributed by atoms with van der Waals surface area (Å²) in [5, 5.41) is 6.56.